The lowest BCUT2D eigenvalue weighted by molar-refractivity contribution is -0.384. The van der Waals surface area contributed by atoms with Crippen LogP contribution in [0.25, 0.3) is 0 Å². The molecule has 0 bridgehead atoms. The number of benzene rings is 1. The summed E-state index contributed by atoms with van der Waals surface area (Å²) in [4.78, 5) is 43.6. The number of nitro groups is 1. The van der Waals surface area contributed by atoms with Crippen molar-refractivity contribution in [3.63, 3.8) is 0 Å². The van der Waals surface area contributed by atoms with Crippen LogP contribution in [0.4, 0.5) is 11.4 Å². The lowest BCUT2D eigenvalue weighted by atomic mass is 10.1. The molecule has 11 nitrogen and oxygen atoms in total. The highest BCUT2D eigenvalue weighted by atomic mass is 16.6. The zero-order valence-corrected chi connectivity index (χ0v) is 18.7. The van der Waals surface area contributed by atoms with E-state index in [2.05, 4.69) is 15.5 Å². The third kappa shape index (κ3) is 5.21. The lowest BCUT2D eigenvalue weighted by Crippen LogP contribution is -2.40. The fraction of sp³-hybridized carbons (Fsp3) is 0.524. The van der Waals surface area contributed by atoms with Gasteiger partial charge in [0.2, 0.25) is 11.8 Å². The maximum atomic E-state index is 12.3. The molecule has 32 heavy (non-hydrogen) atoms. The van der Waals surface area contributed by atoms with Gasteiger partial charge in [0.15, 0.2) is 5.82 Å². The SMILES string of the molecule is CCc1nc(CN(C(C)=O)[C@H]2CCN(c3ccc(C(=O)NC(C)C)cc3[N+](=O)[O-])C2)no1. The average molecular weight is 444 g/mol. The van der Waals surface area contributed by atoms with Crippen molar-refractivity contribution in [2.24, 2.45) is 0 Å². The predicted octanol–water partition coefficient (Wildman–Crippen LogP) is 2.31. The monoisotopic (exact) mass is 444 g/mol. The van der Waals surface area contributed by atoms with E-state index in [1.54, 1.807) is 17.0 Å². The molecule has 1 aliphatic heterocycles. The van der Waals surface area contributed by atoms with Crippen molar-refractivity contribution in [2.45, 2.75) is 59.2 Å². The van der Waals surface area contributed by atoms with Crippen molar-refractivity contribution in [3.8, 4) is 0 Å². The summed E-state index contributed by atoms with van der Waals surface area (Å²) in [6.07, 6.45) is 1.25. The van der Waals surface area contributed by atoms with Gasteiger partial charge in [-0.15, -0.1) is 0 Å². The second-order valence-electron chi connectivity index (χ2n) is 8.08. The molecule has 2 aromatic rings. The highest BCUT2D eigenvalue weighted by Gasteiger charge is 2.33. The molecule has 11 heteroatoms. The van der Waals surface area contributed by atoms with Crippen molar-refractivity contribution in [2.75, 3.05) is 18.0 Å². The lowest BCUT2D eigenvalue weighted by Gasteiger charge is -2.27. The van der Waals surface area contributed by atoms with Crippen LogP contribution in [0.1, 0.15) is 56.2 Å². The van der Waals surface area contributed by atoms with Crippen LogP contribution in [0.3, 0.4) is 0 Å². The van der Waals surface area contributed by atoms with Gasteiger partial charge in [-0.25, -0.2) is 0 Å². The normalized spacial score (nSPS) is 15.8. The van der Waals surface area contributed by atoms with Gasteiger partial charge in [0.05, 0.1) is 17.5 Å². The number of rotatable bonds is 8. The molecule has 1 aromatic heterocycles. The van der Waals surface area contributed by atoms with E-state index in [-0.39, 0.29) is 41.7 Å². The van der Waals surface area contributed by atoms with Crippen LogP contribution in [-0.2, 0) is 17.8 Å². The van der Waals surface area contributed by atoms with E-state index in [1.165, 1.54) is 13.0 Å². The topological polar surface area (TPSA) is 135 Å². The molecule has 1 aliphatic rings. The number of nitrogens with zero attached hydrogens (tertiary/aromatic N) is 5. The fourth-order valence-electron chi connectivity index (χ4n) is 3.79. The van der Waals surface area contributed by atoms with Crippen LogP contribution in [0.5, 0.6) is 0 Å². The molecule has 0 saturated carbocycles. The Balaban J connectivity index is 1.78. The Morgan fingerprint density at radius 2 is 2.16 bits per heavy atom. The van der Waals surface area contributed by atoms with Crippen LogP contribution < -0.4 is 10.2 Å². The predicted molar refractivity (Wildman–Crippen MR) is 116 cm³/mol. The Morgan fingerprint density at radius 1 is 1.41 bits per heavy atom. The standard InChI is InChI=1S/C21H28N6O5/c1-5-20-23-19(24-32-20)12-26(14(4)28)16-8-9-25(11-16)17-7-6-15(10-18(17)27(30)31)21(29)22-13(2)3/h6-7,10,13,16H,5,8-9,11-12H2,1-4H3,(H,22,29)/t16-/m0/s1. The molecule has 1 fully saturated rings. The molecule has 0 unspecified atom stereocenters. The van der Waals surface area contributed by atoms with Gasteiger partial charge in [-0.1, -0.05) is 12.1 Å². The third-order valence-corrected chi connectivity index (χ3v) is 5.33. The first-order valence-corrected chi connectivity index (χ1v) is 10.6. The minimum atomic E-state index is -0.483. The van der Waals surface area contributed by atoms with Crippen molar-refractivity contribution >= 4 is 23.2 Å². The summed E-state index contributed by atoms with van der Waals surface area (Å²) in [5.74, 6) is 0.453. The quantitative estimate of drug-likeness (QED) is 0.484. The molecule has 2 heterocycles. The fourth-order valence-corrected chi connectivity index (χ4v) is 3.79. The minimum Gasteiger partial charge on any atom is -0.364 e. The number of amides is 2. The van der Waals surface area contributed by atoms with E-state index in [4.69, 9.17) is 4.52 Å². The summed E-state index contributed by atoms with van der Waals surface area (Å²) in [5.41, 5.74) is 0.524. The molecular formula is C21H28N6O5. The van der Waals surface area contributed by atoms with E-state index < -0.39 is 4.92 Å². The zero-order chi connectivity index (χ0) is 23.4. The Hall–Kier alpha value is -3.50. The van der Waals surface area contributed by atoms with E-state index >= 15 is 0 Å². The molecule has 0 radical (unpaired) electrons. The molecule has 3 rings (SSSR count). The van der Waals surface area contributed by atoms with E-state index in [1.807, 2.05) is 25.7 Å². The van der Waals surface area contributed by atoms with Gasteiger partial charge >= 0.3 is 0 Å². The van der Waals surface area contributed by atoms with Crippen LogP contribution in [0, 0.1) is 10.1 Å². The van der Waals surface area contributed by atoms with Crippen molar-refractivity contribution in [1.29, 1.82) is 0 Å². The first-order valence-electron chi connectivity index (χ1n) is 10.6. The van der Waals surface area contributed by atoms with Gasteiger partial charge in [-0.05, 0) is 32.4 Å². The summed E-state index contributed by atoms with van der Waals surface area (Å²) >= 11 is 0. The minimum absolute atomic E-state index is 0.0780. The van der Waals surface area contributed by atoms with Crippen LogP contribution in [-0.4, -0.2) is 57.0 Å². The molecular weight excluding hydrogens is 416 g/mol. The Labute approximate surface area is 185 Å². The molecule has 2 amide bonds. The maximum absolute atomic E-state index is 12.3. The molecule has 1 atom stereocenters. The number of hydrogen-bond donors (Lipinski definition) is 1. The maximum Gasteiger partial charge on any atom is 0.293 e. The van der Waals surface area contributed by atoms with E-state index in [0.717, 1.165) is 0 Å². The number of anilines is 1. The van der Waals surface area contributed by atoms with Gasteiger partial charge in [-0.3, -0.25) is 19.7 Å². The number of carbonyl (C=O) groups excluding carboxylic acids is 2. The molecule has 1 aromatic carbocycles. The smallest absolute Gasteiger partial charge is 0.293 e. The van der Waals surface area contributed by atoms with Crippen LogP contribution in [0.2, 0.25) is 0 Å². The summed E-state index contributed by atoms with van der Waals surface area (Å²) in [6, 6.07) is 4.25. The second kappa shape index (κ2) is 9.75. The molecule has 0 aliphatic carbocycles. The number of hydrogen-bond acceptors (Lipinski definition) is 8. The van der Waals surface area contributed by atoms with E-state index in [9.17, 15) is 19.7 Å². The number of nitrogens with one attached hydrogen (secondary N) is 1. The first-order chi connectivity index (χ1) is 15.2. The highest BCUT2D eigenvalue weighted by molar-refractivity contribution is 5.96. The molecule has 172 valence electrons. The number of aryl methyl sites for hydroxylation is 1. The number of aromatic nitrogens is 2. The third-order valence-electron chi connectivity index (χ3n) is 5.33. The first kappa shape index (κ1) is 23.2. The largest absolute Gasteiger partial charge is 0.364 e. The van der Waals surface area contributed by atoms with Crippen LogP contribution >= 0.6 is 0 Å². The highest BCUT2D eigenvalue weighted by Crippen LogP contribution is 2.33. The molecule has 0 spiro atoms. The number of carbonyl (C=O) groups is 2. The zero-order valence-electron chi connectivity index (χ0n) is 18.7. The van der Waals surface area contributed by atoms with Gasteiger partial charge in [0.25, 0.3) is 11.6 Å². The Morgan fingerprint density at radius 3 is 2.75 bits per heavy atom. The van der Waals surface area contributed by atoms with Crippen molar-refractivity contribution in [3.05, 3.63) is 45.6 Å². The van der Waals surface area contributed by atoms with Crippen LogP contribution in [0.15, 0.2) is 22.7 Å². The summed E-state index contributed by atoms with van der Waals surface area (Å²) < 4.78 is 5.13. The molecule has 1 saturated heterocycles. The van der Waals surface area contributed by atoms with Gasteiger partial charge in [-0.2, -0.15) is 4.98 Å². The average Bonchev–Trinajstić information content (AvgIpc) is 3.40. The van der Waals surface area contributed by atoms with Crippen molar-refractivity contribution < 1.29 is 19.0 Å². The van der Waals surface area contributed by atoms with Gasteiger partial charge < -0.3 is 19.6 Å². The Bertz CT molecular complexity index is 1000. The second-order valence-corrected chi connectivity index (χ2v) is 8.08. The van der Waals surface area contributed by atoms with Gasteiger partial charge in [0, 0.05) is 44.1 Å². The molecule has 1 N–H and O–H groups in total. The van der Waals surface area contributed by atoms with Gasteiger partial charge in [0.1, 0.15) is 5.69 Å². The summed E-state index contributed by atoms with van der Waals surface area (Å²) in [7, 11) is 0. The summed E-state index contributed by atoms with van der Waals surface area (Å²) in [5, 5.41) is 18.4. The Kier molecular flexibility index (Phi) is 7.06. The van der Waals surface area contributed by atoms with Crippen molar-refractivity contribution in [1.82, 2.24) is 20.4 Å². The van der Waals surface area contributed by atoms with E-state index in [0.29, 0.717) is 43.3 Å². The number of nitro benzene ring substituents is 1. The summed E-state index contributed by atoms with van der Waals surface area (Å²) in [6.45, 7) is 8.21.